The fourth-order valence-electron chi connectivity index (χ4n) is 1.46. The Morgan fingerprint density at radius 3 is 2.83 bits per heavy atom. The molecule has 1 rings (SSSR count). The maximum absolute atomic E-state index is 11.8. The second kappa shape index (κ2) is 7.36. The number of ketones is 2. The maximum Gasteiger partial charge on any atom is 0.170 e. The molecule has 0 radical (unpaired) electrons. The summed E-state index contributed by atoms with van der Waals surface area (Å²) in [5.41, 5.74) is 0.821. The van der Waals surface area contributed by atoms with E-state index in [0.717, 1.165) is 0 Å². The predicted octanol–water partition coefficient (Wildman–Crippen LogP) is 2.13. The van der Waals surface area contributed by atoms with Crippen molar-refractivity contribution in [1.29, 1.82) is 5.26 Å². The Labute approximate surface area is 106 Å². The molecule has 0 amide bonds. The van der Waals surface area contributed by atoms with Crippen LogP contribution in [0.5, 0.6) is 0 Å². The molecule has 0 saturated heterocycles. The van der Waals surface area contributed by atoms with Crippen LogP contribution >= 0.6 is 0 Å². The van der Waals surface area contributed by atoms with Gasteiger partial charge < -0.3 is 4.74 Å². The van der Waals surface area contributed by atoms with Crippen molar-refractivity contribution in [3.63, 3.8) is 0 Å². The first-order chi connectivity index (χ1) is 8.67. The third-order valence-electron chi connectivity index (χ3n) is 2.40. The van der Waals surface area contributed by atoms with E-state index in [2.05, 4.69) is 0 Å². The maximum atomic E-state index is 11.8. The third-order valence-corrected chi connectivity index (χ3v) is 2.40. The van der Waals surface area contributed by atoms with Crippen LogP contribution in [-0.4, -0.2) is 24.8 Å². The van der Waals surface area contributed by atoms with Gasteiger partial charge in [-0.25, -0.2) is 0 Å². The smallest absolute Gasteiger partial charge is 0.170 e. The molecule has 0 fully saturated rings. The molecule has 94 valence electrons. The van der Waals surface area contributed by atoms with E-state index >= 15 is 0 Å². The Balaban J connectivity index is 2.54. The van der Waals surface area contributed by atoms with Crippen LogP contribution in [0.2, 0.25) is 0 Å². The van der Waals surface area contributed by atoms with Gasteiger partial charge in [-0.05, 0) is 19.1 Å². The number of benzene rings is 1. The molecule has 0 aromatic heterocycles. The Bertz CT molecular complexity index is 474. The minimum atomic E-state index is -0.256. The molecule has 0 aliphatic carbocycles. The van der Waals surface area contributed by atoms with Crippen molar-refractivity contribution in [3.05, 3.63) is 35.4 Å². The van der Waals surface area contributed by atoms with Gasteiger partial charge in [0, 0.05) is 18.6 Å². The molecular formula is C14H15NO3. The van der Waals surface area contributed by atoms with Gasteiger partial charge in [0.2, 0.25) is 0 Å². The first-order valence-corrected chi connectivity index (χ1v) is 5.80. The Morgan fingerprint density at radius 2 is 2.17 bits per heavy atom. The molecule has 1 aromatic carbocycles. The molecule has 0 saturated carbocycles. The van der Waals surface area contributed by atoms with Crippen LogP contribution in [0.25, 0.3) is 0 Å². The summed E-state index contributed by atoms with van der Waals surface area (Å²) in [6.07, 6.45) is 0.111. The molecular weight excluding hydrogens is 230 g/mol. The summed E-state index contributed by atoms with van der Waals surface area (Å²) in [6.45, 7) is 2.76. The Hall–Kier alpha value is -1.99. The summed E-state index contributed by atoms with van der Waals surface area (Å²) in [6, 6.07) is 8.32. The average molecular weight is 245 g/mol. The molecule has 0 aliphatic heterocycles. The summed E-state index contributed by atoms with van der Waals surface area (Å²) >= 11 is 0. The Morgan fingerprint density at radius 1 is 1.39 bits per heavy atom. The number of nitriles is 1. The molecule has 0 bridgehead atoms. The number of carbonyl (C=O) groups is 2. The number of rotatable bonds is 7. The van der Waals surface area contributed by atoms with Crippen molar-refractivity contribution in [1.82, 2.24) is 0 Å². The monoisotopic (exact) mass is 245 g/mol. The van der Waals surface area contributed by atoms with Crippen molar-refractivity contribution in [2.45, 2.75) is 19.8 Å². The van der Waals surface area contributed by atoms with Crippen LogP contribution in [0.4, 0.5) is 0 Å². The lowest BCUT2D eigenvalue weighted by Crippen LogP contribution is -2.10. The van der Waals surface area contributed by atoms with Crippen LogP contribution in [0.1, 0.15) is 35.7 Å². The summed E-state index contributed by atoms with van der Waals surface area (Å²) in [7, 11) is 0. The average Bonchev–Trinajstić information content (AvgIpc) is 2.39. The molecule has 0 N–H and O–H groups in total. The number of ether oxygens (including phenoxy) is 1. The highest BCUT2D eigenvalue weighted by atomic mass is 16.5. The van der Waals surface area contributed by atoms with Gasteiger partial charge in [0.25, 0.3) is 0 Å². The van der Waals surface area contributed by atoms with Gasteiger partial charge in [0.1, 0.15) is 5.78 Å². The molecule has 4 nitrogen and oxygen atoms in total. The van der Waals surface area contributed by atoms with Gasteiger partial charge in [0.15, 0.2) is 5.78 Å². The van der Waals surface area contributed by atoms with E-state index in [1.54, 1.807) is 18.2 Å². The van der Waals surface area contributed by atoms with E-state index in [1.807, 2.05) is 13.0 Å². The predicted molar refractivity (Wildman–Crippen MR) is 66.2 cm³/mol. The SMILES string of the molecule is CCOCCC(=O)CC(=O)c1cccc(C#N)c1. The highest BCUT2D eigenvalue weighted by molar-refractivity contribution is 6.08. The van der Waals surface area contributed by atoms with Gasteiger partial charge in [-0.3, -0.25) is 9.59 Å². The van der Waals surface area contributed by atoms with Crippen molar-refractivity contribution in [2.75, 3.05) is 13.2 Å². The first-order valence-electron chi connectivity index (χ1n) is 5.80. The van der Waals surface area contributed by atoms with E-state index < -0.39 is 0 Å². The van der Waals surface area contributed by atoms with E-state index in [1.165, 1.54) is 6.07 Å². The molecule has 0 spiro atoms. The largest absolute Gasteiger partial charge is 0.381 e. The number of Topliss-reactive ketones (excluding diaryl/α,β-unsaturated/α-hetero) is 2. The number of hydrogen-bond donors (Lipinski definition) is 0. The topological polar surface area (TPSA) is 67.2 Å². The van der Waals surface area contributed by atoms with E-state index in [0.29, 0.717) is 24.3 Å². The second-order valence-electron chi connectivity index (χ2n) is 3.78. The number of nitrogens with zero attached hydrogens (tertiary/aromatic N) is 1. The molecule has 0 unspecified atom stereocenters. The summed E-state index contributed by atoms with van der Waals surface area (Å²) in [5.74, 6) is -0.399. The van der Waals surface area contributed by atoms with Crippen molar-refractivity contribution >= 4 is 11.6 Å². The van der Waals surface area contributed by atoms with Crippen molar-refractivity contribution < 1.29 is 14.3 Å². The van der Waals surface area contributed by atoms with Crippen molar-refractivity contribution in [2.24, 2.45) is 0 Å². The van der Waals surface area contributed by atoms with Crippen LogP contribution in [0.3, 0.4) is 0 Å². The van der Waals surface area contributed by atoms with E-state index in [-0.39, 0.29) is 24.4 Å². The van der Waals surface area contributed by atoms with E-state index in [4.69, 9.17) is 10.00 Å². The van der Waals surface area contributed by atoms with Crippen LogP contribution in [-0.2, 0) is 9.53 Å². The van der Waals surface area contributed by atoms with Gasteiger partial charge >= 0.3 is 0 Å². The summed E-state index contributed by atoms with van der Waals surface area (Å²) in [4.78, 5) is 23.3. The second-order valence-corrected chi connectivity index (χ2v) is 3.78. The van der Waals surface area contributed by atoms with Gasteiger partial charge in [-0.2, -0.15) is 5.26 Å². The quantitative estimate of drug-likeness (QED) is 0.419. The van der Waals surface area contributed by atoms with Gasteiger partial charge in [-0.15, -0.1) is 0 Å². The fraction of sp³-hybridized carbons (Fsp3) is 0.357. The zero-order valence-electron chi connectivity index (χ0n) is 10.3. The van der Waals surface area contributed by atoms with E-state index in [9.17, 15) is 9.59 Å². The fourth-order valence-corrected chi connectivity index (χ4v) is 1.46. The van der Waals surface area contributed by atoms with Crippen LogP contribution in [0.15, 0.2) is 24.3 Å². The standard InChI is InChI=1S/C14H15NO3/c1-2-18-7-6-13(16)9-14(17)12-5-3-4-11(8-12)10-15/h3-5,8H,2,6-7,9H2,1H3. The molecule has 0 aliphatic rings. The third kappa shape index (κ3) is 4.48. The molecule has 18 heavy (non-hydrogen) atoms. The highest BCUT2D eigenvalue weighted by Crippen LogP contribution is 2.08. The molecule has 0 heterocycles. The first kappa shape index (κ1) is 14.1. The highest BCUT2D eigenvalue weighted by Gasteiger charge is 2.12. The minimum Gasteiger partial charge on any atom is -0.381 e. The minimum absolute atomic E-state index is 0.137. The zero-order valence-corrected chi connectivity index (χ0v) is 10.3. The van der Waals surface area contributed by atoms with Gasteiger partial charge in [0.05, 0.1) is 24.7 Å². The Kier molecular flexibility index (Phi) is 5.75. The van der Waals surface area contributed by atoms with Crippen molar-refractivity contribution in [3.8, 4) is 6.07 Å². The lowest BCUT2D eigenvalue weighted by Gasteiger charge is -2.02. The van der Waals surface area contributed by atoms with Gasteiger partial charge in [-0.1, -0.05) is 12.1 Å². The normalized spacial score (nSPS) is 9.78. The van der Waals surface area contributed by atoms with Crippen LogP contribution < -0.4 is 0 Å². The lowest BCUT2D eigenvalue weighted by atomic mass is 10.0. The lowest BCUT2D eigenvalue weighted by molar-refractivity contribution is -0.119. The molecule has 4 heteroatoms. The zero-order chi connectivity index (χ0) is 13.4. The summed E-state index contributed by atoms with van der Waals surface area (Å²) in [5, 5.41) is 8.72. The van der Waals surface area contributed by atoms with Crippen LogP contribution in [0, 0.1) is 11.3 Å². The number of carbonyl (C=O) groups excluding carboxylic acids is 2. The summed E-state index contributed by atoms with van der Waals surface area (Å²) < 4.78 is 5.05. The molecule has 1 aromatic rings. The molecule has 0 atom stereocenters. The number of hydrogen-bond acceptors (Lipinski definition) is 4.